The number of amides is 1. The molecule has 4 N–H and O–H groups in total. The maximum Gasteiger partial charge on any atom is 0.255 e. The summed E-state index contributed by atoms with van der Waals surface area (Å²) >= 11 is 0. The van der Waals surface area contributed by atoms with E-state index in [-0.39, 0.29) is 16.2 Å². The molecular formula is C16H20N4O4S. The number of carbonyl (C=O) groups is 1. The molecule has 0 aliphatic carbocycles. The Kier molecular flexibility index (Phi) is 5.94. The third kappa shape index (κ3) is 4.91. The molecule has 1 aromatic carbocycles. The zero-order valence-electron chi connectivity index (χ0n) is 13.9. The number of sulfonamides is 1. The molecule has 25 heavy (non-hydrogen) atoms. The predicted octanol–water partition coefficient (Wildman–Crippen LogP) is 0.888. The molecule has 9 heteroatoms. The van der Waals surface area contributed by atoms with Crippen LogP contribution in [-0.2, 0) is 10.0 Å². The summed E-state index contributed by atoms with van der Waals surface area (Å²) in [5.41, 5.74) is 1.10. The van der Waals surface area contributed by atoms with E-state index in [4.69, 9.17) is 9.88 Å². The SMILES string of the molecule is COc1ccc(S(N)(=O)=O)cc1C(=O)NCCNc1ncccc1C. The molecular weight excluding hydrogens is 344 g/mol. The number of aryl methyl sites for hydroxylation is 1. The summed E-state index contributed by atoms with van der Waals surface area (Å²) < 4.78 is 28.0. The summed E-state index contributed by atoms with van der Waals surface area (Å²) in [6.45, 7) is 2.70. The number of pyridine rings is 1. The molecule has 2 rings (SSSR count). The van der Waals surface area contributed by atoms with Gasteiger partial charge in [0.25, 0.3) is 5.91 Å². The van der Waals surface area contributed by atoms with Gasteiger partial charge in [-0.1, -0.05) is 6.07 Å². The predicted molar refractivity (Wildman–Crippen MR) is 94.2 cm³/mol. The number of rotatable bonds is 7. The number of hydrogen-bond acceptors (Lipinski definition) is 6. The number of primary sulfonamides is 1. The van der Waals surface area contributed by atoms with Crippen LogP contribution in [0.1, 0.15) is 15.9 Å². The molecule has 0 saturated heterocycles. The average Bonchev–Trinajstić information content (AvgIpc) is 2.58. The van der Waals surface area contributed by atoms with E-state index in [0.29, 0.717) is 13.1 Å². The van der Waals surface area contributed by atoms with Crippen LogP contribution in [0.3, 0.4) is 0 Å². The van der Waals surface area contributed by atoms with Crippen molar-refractivity contribution in [1.82, 2.24) is 10.3 Å². The van der Waals surface area contributed by atoms with Gasteiger partial charge < -0.3 is 15.4 Å². The van der Waals surface area contributed by atoms with Gasteiger partial charge in [0.2, 0.25) is 10.0 Å². The lowest BCUT2D eigenvalue weighted by molar-refractivity contribution is 0.0952. The van der Waals surface area contributed by atoms with E-state index in [1.165, 1.54) is 25.3 Å². The average molecular weight is 364 g/mol. The lowest BCUT2D eigenvalue weighted by atomic mass is 10.2. The number of methoxy groups -OCH3 is 1. The van der Waals surface area contributed by atoms with Crippen LogP contribution in [0.5, 0.6) is 5.75 Å². The van der Waals surface area contributed by atoms with Crippen LogP contribution in [0.2, 0.25) is 0 Å². The number of aromatic nitrogens is 1. The molecule has 0 bridgehead atoms. The van der Waals surface area contributed by atoms with Crippen molar-refractivity contribution >= 4 is 21.7 Å². The molecule has 0 aliphatic rings. The van der Waals surface area contributed by atoms with Crippen LogP contribution in [-0.4, -0.2) is 39.5 Å². The molecule has 0 atom stereocenters. The standard InChI is InChI=1S/C16H20N4O4S/c1-11-4-3-7-18-15(11)19-8-9-20-16(21)13-10-12(25(17,22)23)5-6-14(13)24-2/h3-7,10H,8-9H2,1-2H3,(H,18,19)(H,20,21)(H2,17,22,23). The normalized spacial score (nSPS) is 11.0. The molecule has 0 radical (unpaired) electrons. The lowest BCUT2D eigenvalue weighted by Crippen LogP contribution is -2.29. The van der Waals surface area contributed by atoms with Gasteiger partial charge in [-0.25, -0.2) is 18.5 Å². The highest BCUT2D eigenvalue weighted by molar-refractivity contribution is 7.89. The molecule has 1 heterocycles. The van der Waals surface area contributed by atoms with Gasteiger partial charge >= 0.3 is 0 Å². The first-order chi connectivity index (χ1) is 11.8. The number of ether oxygens (including phenoxy) is 1. The lowest BCUT2D eigenvalue weighted by Gasteiger charge is -2.12. The number of carbonyl (C=O) groups excluding carboxylic acids is 1. The molecule has 0 spiro atoms. The molecule has 0 saturated carbocycles. The topological polar surface area (TPSA) is 123 Å². The van der Waals surface area contributed by atoms with Crippen LogP contribution in [0.4, 0.5) is 5.82 Å². The molecule has 1 aromatic heterocycles. The number of nitrogens with one attached hydrogen (secondary N) is 2. The van der Waals surface area contributed by atoms with E-state index < -0.39 is 15.9 Å². The molecule has 134 valence electrons. The minimum Gasteiger partial charge on any atom is -0.496 e. The third-order valence-corrected chi connectivity index (χ3v) is 4.37. The number of hydrogen-bond donors (Lipinski definition) is 3. The summed E-state index contributed by atoms with van der Waals surface area (Å²) in [6.07, 6.45) is 1.68. The van der Waals surface area contributed by atoms with Gasteiger partial charge in [0, 0.05) is 19.3 Å². The highest BCUT2D eigenvalue weighted by Crippen LogP contribution is 2.21. The molecule has 0 fully saturated rings. The Labute approximate surface area is 146 Å². The van der Waals surface area contributed by atoms with Crippen LogP contribution in [0, 0.1) is 6.92 Å². The van der Waals surface area contributed by atoms with E-state index in [2.05, 4.69) is 15.6 Å². The van der Waals surface area contributed by atoms with Crippen molar-refractivity contribution in [2.45, 2.75) is 11.8 Å². The Morgan fingerprint density at radius 1 is 1.28 bits per heavy atom. The van der Waals surface area contributed by atoms with Gasteiger partial charge in [0.15, 0.2) is 0 Å². The molecule has 0 unspecified atom stereocenters. The Bertz CT molecular complexity index is 868. The van der Waals surface area contributed by atoms with Crippen molar-refractivity contribution in [3.8, 4) is 5.75 Å². The Morgan fingerprint density at radius 2 is 2.04 bits per heavy atom. The fourth-order valence-corrected chi connectivity index (χ4v) is 2.70. The second-order valence-corrected chi connectivity index (χ2v) is 6.82. The van der Waals surface area contributed by atoms with Gasteiger partial charge in [0.1, 0.15) is 11.6 Å². The van der Waals surface area contributed by atoms with Crippen molar-refractivity contribution in [3.05, 3.63) is 47.7 Å². The Hall–Kier alpha value is -2.65. The smallest absolute Gasteiger partial charge is 0.255 e. The number of nitrogens with two attached hydrogens (primary N) is 1. The maximum atomic E-state index is 12.3. The first kappa shape index (κ1) is 18.7. The zero-order valence-corrected chi connectivity index (χ0v) is 14.8. The quantitative estimate of drug-likeness (QED) is 0.627. The van der Waals surface area contributed by atoms with Crippen molar-refractivity contribution in [2.75, 3.05) is 25.5 Å². The number of benzene rings is 1. The molecule has 1 amide bonds. The molecule has 8 nitrogen and oxygen atoms in total. The van der Waals surface area contributed by atoms with Crippen LogP contribution in [0.25, 0.3) is 0 Å². The number of nitrogens with zero attached hydrogens (tertiary/aromatic N) is 1. The maximum absolute atomic E-state index is 12.3. The zero-order chi connectivity index (χ0) is 18.4. The van der Waals surface area contributed by atoms with Crippen molar-refractivity contribution < 1.29 is 17.9 Å². The molecule has 2 aromatic rings. The fraction of sp³-hybridized carbons (Fsp3) is 0.250. The van der Waals surface area contributed by atoms with Gasteiger partial charge in [-0.15, -0.1) is 0 Å². The van der Waals surface area contributed by atoms with E-state index in [1.807, 2.05) is 19.1 Å². The van der Waals surface area contributed by atoms with Gasteiger partial charge in [-0.05, 0) is 36.8 Å². The van der Waals surface area contributed by atoms with Crippen molar-refractivity contribution in [3.63, 3.8) is 0 Å². The van der Waals surface area contributed by atoms with Crippen LogP contribution < -0.4 is 20.5 Å². The first-order valence-corrected chi connectivity index (χ1v) is 9.02. The Balaban J connectivity index is 2.02. The Morgan fingerprint density at radius 3 is 2.68 bits per heavy atom. The summed E-state index contributed by atoms with van der Waals surface area (Å²) in [7, 11) is -2.51. The summed E-state index contributed by atoms with van der Waals surface area (Å²) in [6, 6.07) is 7.64. The fourth-order valence-electron chi connectivity index (χ4n) is 2.16. The van der Waals surface area contributed by atoms with Crippen molar-refractivity contribution in [2.24, 2.45) is 5.14 Å². The number of anilines is 1. The van der Waals surface area contributed by atoms with E-state index >= 15 is 0 Å². The van der Waals surface area contributed by atoms with Gasteiger partial charge in [0.05, 0.1) is 17.6 Å². The van der Waals surface area contributed by atoms with Crippen LogP contribution >= 0.6 is 0 Å². The van der Waals surface area contributed by atoms with Crippen molar-refractivity contribution in [1.29, 1.82) is 0 Å². The minimum atomic E-state index is -3.91. The van der Waals surface area contributed by atoms with Gasteiger partial charge in [-0.3, -0.25) is 4.79 Å². The first-order valence-electron chi connectivity index (χ1n) is 7.47. The summed E-state index contributed by atoms with van der Waals surface area (Å²) in [4.78, 5) is 16.4. The monoisotopic (exact) mass is 364 g/mol. The highest BCUT2D eigenvalue weighted by Gasteiger charge is 2.17. The second-order valence-electron chi connectivity index (χ2n) is 5.26. The van der Waals surface area contributed by atoms with E-state index in [0.717, 1.165) is 11.4 Å². The van der Waals surface area contributed by atoms with Crippen LogP contribution in [0.15, 0.2) is 41.4 Å². The van der Waals surface area contributed by atoms with E-state index in [1.54, 1.807) is 6.20 Å². The van der Waals surface area contributed by atoms with Gasteiger partial charge in [-0.2, -0.15) is 0 Å². The van der Waals surface area contributed by atoms with E-state index in [9.17, 15) is 13.2 Å². The third-order valence-electron chi connectivity index (χ3n) is 3.46. The molecule has 0 aliphatic heterocycles. The summed E-state index contributed by atoms with van der Waals surface area (Å²) in [5, 5.41) is 10.9. The summed E-state index contributed by atoms with van der Waals surface area (Å²) in [5.74, 6) is 0.547. The minimum absolute atomic E-state index is 0.100. The highest BCUT2D eigenvalue weighted by atomic mass is 32.2. The largest absolute Gasteiger partial charge is 0.496 e. The second kappa shape index (κ2) is 7.95.